The summed E-state index contributed by atoms with van der Waals surface area (Å²) in [6, 6.07) is 13.7. The molecule has 0 radical (unpaired) electrons. The third-order valence-electron chi connectivity index (χ3n) is 6.82. The lowest BCUT2D eigenvalue weighted by molar-refractivity contribution is -0.139. The van der Waals surface area contributed by atoms with Crippen molar-refractivity contribution in [1.29, 1.82) is 0 Å². The lowest BCUT2D eigenvalue weighted by Crippen LogP contribution is -2.49. The Hall–Kier alpha value is -3.68. The first-order valence-electron chi connectivity index (χ1n) is 12.5. The largest absolute Gasteiger partial charge is 0.484 e. The monoisotopic (exact) mass is 492 g/mol. The fourth-order valence-corrected chi connectivity index (χ4v) is 4.88. The van der Waals surface area contributed by atoms with E-state index >= 15 is 0 Å². The smallest absolute Gasteiger partial charge is 0.338 e. The molecule has 2 unspecified atom stereocenters. The zero-order valence-corrected chi connectivity index (χ0v) is 20.8. The zero-order valence-electron chi connectivity index (χ0n) is 20.8. The number of rotatable bonds is 9. The molecular weight excluding hydrogens is 460 g/mol. The number of amides is 3. The molecule has 4 rings (SSSR count). The Morgan fingerprint density at radius 3 is 2.11 bits per heavy atom. The third kappa shape index (κ3) is 5.58. The molecule has 8 heteroatoms. The number of carbonyl (C=O) groups excluding carboxylic acids is 4. The first-order chi connectivity index (χ1) is 17.4. The molecule has 1 fully saturated rings. The predicted molar refractivity (Wildman–Crippen MR) is 133 cm³/mol. The summed E-state index contributed by atoms with van der Waals surface area (Å²) in [4.78, 5) is 52.8. The molecule has 0 bridgehead atoms. The number of likely N-dealkylation sites (tertiary alicyclic amines) is 1. The van der Waals surface area contributed by atoms with Crippen molar-refractivity contribution in [2.45, 2.75) is 58.0 Å². The number of esters is 1. The molecule has 0 aromatic heterocycles. The van der Waals surface area contributed by atoms with Crippen LogP contribution in [0, 0.1) is 0 Å². The van der Waals surface area contributed by atoms with Gasteiger partial charge in [0.15, 0.2) is 6.61 Å². The van der Waals surface area contributed by atoms with E-state index in [1.165, 1.54) is 4.90 Å². The average molecular weight is 493 g/mol. The van der Waals surface area contributed by atoms with Gasteiger partial charge in [-0.3, -0.25) is 19.3 Å². The predicted octanol–water partition coefficient (Wildman–Crippen LogP) is 4.09. The van der Waals surface area contributed by atoms with E-state index in [0.29, 0.717) is 35.3 Å². The summed E-state index contributed by atoms with van der Waals surface area (Å²) < 4.78 is 11.0. The van der Waals surface area contributed by atoms with E-state index in [1.54, 1.807) is 48.5 Å². The number of imide groups is 1. The molecule has 1 saturated heterocycles. The number of hydrogen-bond acceptors (Lipinski definition) is 6. The van der Waals surface area contributed by atoms with Crippen molar-refractivity contribution in [2.75, 3.05) is 19.8 Å². The number of piperidine rings is 1. The standard InChI is InChI=1S/C28H32N2O6/c1-19-8-7-9-20(2)30(19)25(31)18-36-22-14-12-21(13-15-22)28(34)35-17-6-5-16-29-26(32)23-10-3-4-11-24(23)27(29)33/h3-4,10-15,19-20H,5-9,16-18H2,1-2H3. The van der Waals surface area contributed by atoms with Gasteiger partial charge >= 0.3 is 5.97 Å². The maximum Gasteiger partial charge on any atom is 0.338 e. The number of hydrogen-bond donors (Lipinski definition) is 0. The van der Waals surface area contributed by atoms with E-state index in [2.05, 4.69) is 13.8 Å². The molecule has 2 heterocycles. The number of nitrogens with zero attached hydrogens (tertiary/aromatic N) is 2. The van der Waals surface area contributed by atoms with E-state index in [0.717, 1.165) is 19.3 Å². The first kappa shape index (κ1) is 25.4. The second kappa shape index (κ2) is 11.4. The maximum absolute atomic E-state index is 12.6. The van der Waals surface area contributed by atoms with E-state index in [9.17, 15) is 19.2 Å². The Bertz CT molecular complexity index is 1080. The Labute approximate surface area is 211 Å². The summed E-state index contributed by atoms with van der Waals surface area (Å²) in [7, 11) is 0. The number of benzene rings is 2. The fourth-order valence-electron chi connectivity index (χ4n) is 4.88. The van der Waals surface area contributed by atoms with Gasteiger partial charge in [-0.25, -0.2) is 4.79 Å². The second-order valence-electron chi connectivity index (χ2n) is 9.39. The van der Waals surface area contributed by atoms with Gasteiger partial charge in [0.1, 0.15) is 5.75 Å². The highest BCUT2D eigenvalue weighted by atomic mass is 16.5. The van der Waals surface area contributed by atoms with Gasteiger partial charge in [-0.05, 0) is 82.3 Å². The normalized spacial score (nSPS) is 19.3. The summed E-state index contributed by atoms with van der Waals surface area (Å²) in [6.07, 6.45) is 4.21. The molecule has 2 aromatic carbocycles. The van der Waals surface area contributed by atoms with Crippen LogP contribution < -0.4 is 4.74 Å². The lowest BCUT2D eigenvalue weighted by Gasteiger charge is -2.38. The number of unbranched alkanes of at least 4 members (excludes halogenated alkanes) is 1. The van der Waals surface area contributed by atoms with Crippen LogP contribution in [-0.4, -0.2) is 65.3 Å². The van der Waals surface area contributed by atoms with Gasteiger partial charge < -0.3 is 14.4 Å². The van der Waals surface area contributed by atoms with Crippen molar-refractivity contribution < 1.29 is 28.7 Å². The molecule has 2 aliphatic rings. The Kier molecular flexibility index (Phi) is 8.03. The molecule has 8 nitrogen and oxygen atoms in total. The number of carbonyl (C=O) groups is 4. The van der Waals surface area contributed by atoms with Crippen LogP contribution in [0.4, 0.5) is 0 Å². The van der Waals surface area contributed by atoms with E-state index in [4.69, 9.17) is 9.47 Å². The Balaban J connectivity index is 1.17. The van der Waals surface area contributed by atoms with Crippen LogP contribution in [0.2, 0.25) is 0 Å². The topological polar surface area (TPSA) is 93.2 Å². The van der Waals surface area contributed by atoms with Crippen LogP contribution >= 0.6 is 0 Å². The van der Waals surface area contributed by atoms with E-state index < -0.39 is 5.97 Å². The average Bonchev–Trinajstić information content (AvgIpc) is 3.12. The summed E-state index contributed by atoms with van der Waals surface area (Å²) in [6.45, 7) is 4.56. The van der Waals surface area contributed by atoms with Crippen LogP contribution in [0.5, 0.6) is 5.75 Å². The molecule has 0 spiro atoms. The highest BCUT2D eigenvalue weighted by Gasteiger charge is 2.34. The maximum atomic E-state index is 12.6. The van der Waals surface area contributed by atoms with Gasteiger partial charge in [-0.2, -0.15) is 0 Å². The minimum atomic E-state index is -0.464. The van der Waals surface area contributed by atoms with Crippen molar-refractivity contribution in [3.63, 3.8) is 0 Å². The summed E-state index contributed by atoms with van der Waals surface area (Å²) in [5.41, 5.74) is 1.25. The first-order valence-corrected chi connectivity index (χ1v) is 12.5. The Morgan fingerprint density at radius 2 is 1.50 bits per heavy atom. The van der Waals surface area contributed by atoms with E-state index in [-0.39, 0.29) is 49.6 Å². The SMILES string of the molecule is CC1CCCC(C)N1C(=O)COc1ccc(C(=O)OCCCCN2C(=O)c3ccccc3C2=O)cc1. The zero-order chi connectivity index (χ0) is 25.7. The quantitative estimate of drug-likeness (QED) is 0.297. The fraction of sp³-hybridized carbons (Fsp3) is 0.429. The van der Waals surface area contributed by atoms with Crippen molar-refractivity contribution >= 4 is 23.7 Å². The molecule has 0 N–H and O–H groups in total. The third-order valence-corrected chi connectivity index (χ3v) is 6.82. The molecular formula is C28H32N2O6. The van der Waals surface area contributed by atoms with Gasteiger partial charge in [0.05, 0.1) is 23.3 Å². The van der Waals surface area contributed by atoms with Crippen molar-refractivity contribution in [3.8, 4) is 5.75 Å². The van der Waals surface area contributed by atoms with Crippen LogP contribution in [0.15, 0.2) is 48.5 Å². The van der Waals surface area contributed by atoms with Gasteiger partial charge in [0.25, 0.3) is 17.7 Å². The highest BCUT2D eigenvalue weighted by molar-refractivity contribution is 6.21. The molecule has 0 saturated carbocycles. The van der Waals surface area contributed by atoms with Crippen molar-refractivity contribution in [3.05, 3.63) is 65.2 Å². The van der Waals surface area contributed by atoms with Gasteiger partial charge in [-0.15, -0.1) is 0 Å². The minimum absolute atomic E-state index is 0.0283. The van der Waals surface area contributed by atoms with Crippen LogP contribution in [0.3, 0.4) is 0 Å². The summed E-state index contributed by atoms with van der Waals surface area (Å²) >= 11 is 0. The van der Waals surface area contributed by atoms with Gasteiger partial charge in [-0.1, -0.05) is 12.1 Å². The number of ether oxygens (including phenoxy) is 2. The minimum Gasteiger partial charge on any atom is -0.484 e. The number of fused-ring (bicyclic) bond motifs is 1. The lowest BCUT2D eigenvalue weighted by atomic mass is 9.97. The molecule has 2 aromatic rings. The summed E-state index contributed by atoms with van der Waals surface area (Å²) in [5.74, 6) is -0.542. The van der Waals surface area contributed by atoms with Crippen molar-refractivity contribution in [2.24, 2.45) is 0 Å². The van der Waals surface area contributed by atoms with Crippen LogP contribution in [-0.2, 0) is 9.53 Å². The highest BCUT2D eigenvalue weighted by Crippen LogP contribution is 2.24. The van der Waals surface area contributed by atoms with E-state index in [1.807, 2.05) is 4.90 Å². The van der Waals surface area contributed by atoms with Gasteiger partial charge in [0, 0.05) is 18.6 Å². The molecule has 2 aliphatic heterocycles. The van der Waals surface area contributed by atoms with Gasteiger partial charge in [0.2, 0.25) is 0 Å². The molecule has 3 amide bonds. The molecule has 190 valence electrons. The second-order valence-corrected chi connectivity index (χ2v) is 9.39. The molecule has 2 atom stereocenters. The van der Waals surface area contributed by atoms with Crippen LogP contribution in [0.25, 0.3) is 0 Å². The Morgan fingerprint density at radius 1 is 0.889 bits per heavy atom. The molecule has 0 aliphatic carbocycles. The molecule has 36 heavy (non-hydrogen) atoms. The van der Waals surface area contributed by atoms with Crippen LogP contribution in [0.1, 0.15) is 77.0 Å². The summed E-state index contributed by atoms with van der Waals surface area (Å²) in [5, 5.41) is 0. The van der Waals surface area contributed by atoms with Crippen molar-refractivity contribution in [1.82, 2.24) is 9.80 Å².